The van der Waals surface area contributed by atoms with Crippen molar-refractivity contribution in [2.75, 3.05) is 6.54 Å². The molecule has 3 rings (SSSR count). The van der Waals surface area contributed by atoms with Crippen LogP contribution in [0.4, 0.5) is 0 Å². The average molecular weight is 393 g/mol. The van der Waals surface area contributed by atoms with Gasteiger partial charge in [0, 0.05) is 18.5 Å². The molecule has 0 aliphatic heterocycles. The number of para-hydroxylation sites is 1. The van der Waals surface area contributed by atoms with Crippen molar-refractivity contribution in [1.82, 2.24) is 25.9 Å². The van der Waals surface area contributed by atoms with Gasteiger partial charge >= 0.3 is 0 Å². The summed E-state index contributed by atoms with van der Waals surface area (Å²) in [6, 6.07) is 17.6. The van der Waals surface area contributed by atoms with Crippen LogP contribution >= 0.6 is 0 Å². The predicted octanol–water partition coefficient (Wildman–Crippen LogP) is 1.16. The fraction of sp³-hybridized carbons (Fsp3) is 0.100. The molecule has 3 amide bonds. The third-order valence-corrected chi connectivity index (χ3v) is 3.92. The number of nitrogens with one attached hydrogen (secondary N) is 3. The molecule has 1 heterocycles. The molecule has 2 aromatic carbocycles. The van der Waals surface area contributed by atoms with E-state index in [4.69, 9.17) is 0 Å². The highest BCUT2D eigenvalue weighted by Gasteiger charge is 2.17. The normalized spacial score (nSPS) is 10.2. The number of nitrogens with zero attached hydrogens (tertiary/aromatic N) is 2. The van der Waals surface area contributed by atoms with Crippen LogP contribution in [0.1, 0.15) is 27.3 Å². The maximum atomic E-state index is 12.2. The SMILES string of the molecule is O=C(CCNC(=O)c1ccccc1)NNC(=O)c1nn(-c2ccccc2)cc1O. The van der Waals surface area contributed by atoms with E-state index in [0.717, 1.165) is 0 Å². The van der Waals surface area contributed by atoms with Crippen LogP contribution in [0, 0.1) is 0 Å². The van der Waals surface area contributed by atoms with E-state index in [-0.39, 0.29) is 30.3 Å². The quantitative estimate of drug-likeness (QED) is 0.468. The molecule has 0 spiro atoms. The van der Waals surface area contributed by atoms with E-state index in [2.05, 4.69) is 21.3 Å². The first kappa shape index (κ1) is 19.6. The van der Waals surface area contributed by atoms with E-state index in [1.54, 1.807) is 54.6 Å². The minimum Gasteiger partial charge on any atom is -0.504 e. The number of hydrogen-bond acceptors (Lipinski definition) is 5. The fourth-order valence-corrected chi connectivity index (χ4v) is 2.47. The summed E-state index contributed by atoms with van der Waals surface area (Å²) in [5.74, 6) is -1.89. The van der Waals surface area contributed by atoms with E-state index in [9.17, 15) is 19.5 Å². The molecule has 0 radical (unpaired) electrons. The molecule has 0 saturated carbocycles. The summed E-state index contributed by atoms with van der Waals surface area (Å²) >= 11 is 0. The Morgan fingerprint density at radius 2 is 1.55 bits per heavy atom. The third-order valence-electron chi connectivity index (χ3n) is 3.92. The van der Waals surface area contributed by atoms with E-state index >= 15 is 0 Å². The third kappa shape index (κ3) is 5.19. The standard InChI is InChI=1S/C20H19N5O4/c26-16-13-25(15-9-5-2-6-10-15)24-18(16)20(29)23-22-17(27)11-12-21-19(28)14-7-3-1-4-8-14/h1-10,13,26H,11-12H2,(H,21,28)(H,22,27)(H,23,29). The molecule has 9 nitrogen and oxygen atoms in total. The molecule has 29 heavy (non-hydrogen) atoms. The largest absolute Gasteiger partial charge is 0.504 e. The van der Waals surface area contributed by atoms with Gasteiger partial charge in [-0.1, -0.05) is 36.4 Å². The summed E-state index contributed by atoms with van der Waals surface area (Å²) in [4.78, 5) is 35.9. The van der Waals surface area contributed by atoms with Crippen molar-refractivity contribution in [2.45, 2.75) is 6.42 Å². The number of carbonyl (C=O) groups is 3. The van der Waals surface area contributed by atoms with Crippen molar-refractivity contribution in [1.29, 1.82) is 0 Å². The van der Waals surface area contributed by atoms with Gasteiger partial charge in [-0.3, -0.25) is 25.2 Å². The molecule has 0 fully saturated rings. The Balaban J connectivity index is 1.46. The van der Waals surface area contributed by atoms with Crippen LogP contribution < -0.4 is 16.2 Å². The van der Waals surface area contributed by atoms with Crippen molar-refractivity contribution >= 4 is 17.7 Å². The Kier molecular flexibility index (Phi) is 6.21. The van der Waals surface area contributed by atoms with Crippen molar-refractivity contribution in [3.63, 3.8) is 0 Å². The molecule has 0 saturated heterocycles. The van der Waals surface area contributed by atoms with Gasteiger partial charge in [-0.15, -0.1) is 0 Å². The lowest BCUT2D eigenvalue weighted by Crippen LogP contribution is -2.43. The monoisotopic (exact) mass is 393 g/mol. The number of carbonyl (C=O) groups excluding carboxylic acids is 3. The van der Waals surface area contributed by atoms with Crippen molar-refractivity contribution in [3.05, 3.63) is 78.1 Å². The van der Waals surface area contributed by atoms with Gasteiger partial charge in [0.2, 0.25) is 5.91 Å². The van der Waals surface area contributed by atoms with Crippen molar-refractivity contribution < 1.29 is 19.5 Å². The molecule has 148 valence electrons. The molecule has 0 bridgehead atoms. The second kappa shape index (κ2) is 9.18. The average Bonchev–Trinajstić information content (AvgIpc) is 3.15. The number of aromatic hydroxyl groups is 1. The first-order chi connectivity index (χ1) is 14.0. The number of hydrogen-bond donors (Lipinski definition) is 4. The van der Waals surface area contributed by atoms with Gasteiger partial charge in [0.25, 0.3) is 11.8 Å². The molecule has 3 aromatic rings. The second-order valence-corrected chi connectivity index (χ2v) is 6.02. The van der Waals surface area contributed by atoms with E-state index in [0.29, 0.717) is 11.3 Å². The maximum Gasteiger partial charge on any atom is 0.294 e. The molecular formula is C20H19N5O4. The predicted molar refractivity (Wildman–Crippen MR) is 104 cm³/mol. The van der Waals surface area contributed by atoms with E-state index in [1.165, 1.54) is 10.9 Å². The van der Waals surface area contributed by atoms with Gasteiger partial charge < -0.3 is 10.4 Å². The van der Waals surface area contributed by atoms with E-state index < -0.39 is 11.8 Å². The summed E-state index contributed by atoms with van der Waals surface area (Å²) in [7, 11) is 0. The summed E-state index contributed by atoms with van der Waals surface area (Å²) < 4.78 is 1.35. The minimum atomic E-state index is -0.765. The molecule has 0 atom stereocenters. The van der Waals surface area contributed by atoms with Crippen LogP contribution in [0.15, 0.2) is 66.9 Å². The van der Waals surface area contributed by atoms with Crippen LogP contribution in [0.2, 0.25) is 0 Å². The second-order valence-electron chi connectivity index (χ2n) is 6.02. The summed E-state index contributed by atoms with van der Waals surface area (Å²) in [5, 5.41) is 16.6. The maximum absolute atomic E-state index is 12.2. The Morgan fingerprint density at radius 3 is 2.24 bits per heavy atom. The van der Waals surface area contributed by atoms with Crippen LogP contribution in [0.5, 0.6) is 5.75 Å². The Morgan fingerprint density at radius 1 is 0.897 bits per heavy atom. The number of aromatic nitrogens is 2. The molecule has 1 aromatic heterocycles. The lowest BCUT2D eigenvalue weighted by Gasteiger charge is -2.07. The molecular weight excluding hydrogens is 374 g/mol. The van der Waals surface area contributed by atoms with Gasteiger partial charge in [-0.2, -0.15) is 5.10 Å². The molecule has 0 unspecified atom stereocenters. The lowest BCUT2D eigenvalue weighted by molar-refractivity contribution is -0.121. The Hall–Kier alpha value is -4.14. The van der Waals surface area contributed by atoms with Crippen molar-refractivity contribution in [2.24, 2.45) is 0 Å². The lowest BCUT2D eigenvalue weighted by atomic mass is 10.2. The minimum absolute atomic E-state index is 0.0384. The van der Waals surface area contributed by atoms with Gasteiger partial charge in [-0.05, 0) is 24.3 Å². The number of hydrazine groups is 1. The highest BCUT2D eigenvalue weighted by Crippen LogP contribution is 2.17. The zero-order valence-electron chi connectivity index (χ0n) is 15.3. The summed E-state index contributed by atoms with van der Waals surface area (Å²) in [6.07, 6.45) is 1.26. The number of amides is 3. The highest BCUT2D eigenvalue weighted by molar-refractivity contribution is 5.96. The molecule has 9 heteroatoms. The highest BCUT2D eigenvalue weighted by atomic mass is 16.3. The van der Waals surface area contributed by atoms with Gasteiger partial charge in [-0.25, -0.2) is 4.68 Å². The fourth-order valence-electron chi connectivity index (χ4n) is 2.47. The molecule has 0 aliphatic carbocycles. The van der Waals surface area contributed by atoms with Crippen LogP contribution in [-0.4, -0.2) is 39.2 Å². The smallest absolute Gasteiger partial charge is 0.294 e. The first-order valence-electron chi connectivity index (χ1n) is 8.81. The topological polar surface area (TPSA) is 125 Å². The van der Waals surface area contributed by atoms with Gasteiger partial charge in [0.15, 0.2) is 11.4 Å². The molecule has 4 N–H and O–H groups in total. The van der Waals surface area contributed by atoms with Crippen LogP contribution in [0.3, 0.4) is 0 Å². The van der Waals surface area contributed by atoms with Gasteiger partial charge in [0.1, 0.15) is 0 Å². The summed E-state index contributed by atoms with van der Waals surface area (Å²) in [5.41, 5.74) is 5.34. The number of rotatable bonds is 6. The van der Waals surface area contributed by atoms with Gasteiger partial charge in [0.05, 0.1) is 11.9 Å². The van der Waals surface area contributed by atoms with Crippen molar-refractivity contribution in [3.8, 4) is 11.4 Å². The number of benzene rings is 2. The zero-order valence-corrected chi connectivity index (χ0v) is 15.3. The van der Waals surface area contributed by atoms with E-state index in [1.807, 2.05) is 6.07 Å². The first-order valence-corrected chi connectivity index (χ1v) is 8.81. The van der Waals surface area contributed by atoms with Crippen LogP contribution in [0.25, 0.3) is 5.69 Å². The Labute approximate surface area is 166 Å². The Bertz CT molecular complexity index is 1000. The van der Waals surface area contributed by atoms with Crippen LogP contribution in [-0.2, 0) is 4.79 Å². The zero-order chi connectivity index (χ0) is 20.6. The molecule has 0 aliphatic rings. The summed E-state index contributed by atoms with van der Waals surface area (Å²) in [6.45, 7) is 0.101.